The van der Waals surface area contributed by atoms with Crippen LogP contribution in [0.5, 0.6) is 0 Å². The van der Waals surface area contributed by atoms with Crippen molar-refractivity contribution in [2.24, 2.45) is 10.9 Å². The average molecular weight is 511 g/mol. The van der Waals surface area contributed by atoms with E-state index in [4.69, 9.17) is 0 Å². The molecular formula is C33H38N2OS. The van der Waals surface area contributed by atoms with E-state index in [1.54, 1.807) is 6.20 Å². The average Bonchev–Trinajstić information content (AvgIpc) is 2.92. The topological polar surface area (TPSA) is 45.5 Å². The molecule has 0 radical (unpaired) electrons. The summed E-state index contributed by atoms with van der Waals surface area (Å²) in [6.07, 6.45) is 10.9. The Morgan fingerprint density at radius 1 is 1.11 bits per heavy atom. The summed E-state index contributed by atoms with van der Waals surface area (Å²) in [5.41, 5.74) is 7.03. The highest BCUT2D eigenvalue weighted by Crippen LogP contribution is 2.41. The second-order valence-corrected chi connectivity index (χ2v) is 11.6. The van der Waals surface area contributed by atoms with Gasteiger partial charge in [0, 0.05) is 24.0 Å². The lowest BCUT2D eigenvalue weighted by molar-refractivity contribution is 0.121. The number of fused-ring (bicyclic) bond motifs is 5. The lowest BCUT2D eigenvalue weighted by Crippen LogP contribution is -2.29. The maximum absolute atomic E-state index is 12.5. The van der Waals surface area contributed by atoms with Gasteiger partial charge in [-0.1, -0.05) is 64.1 Å². The molecule has 0 amide bonds. The molecule has 37 heavy (non-hydrogen) atoms. The Kier molecular flexibility index (Phi) is 8.41. The molecule has 2 aromatic carbocycles. The third-order valence-corrected chi connectivity index (χ3v) is 8.61. The van der Waals surface area contributed by atoms with Crippen molar-refractivity contribution in [1.82, 2.24) is 4.98 Å². The van der Waals surface area contributed by atoms with Crippen LogP contribution in [0, 0.1) is 12.8 Å². The molecule has 1 aromatic heterocycles. The van der Waals surface area contributed by atoms with Gasteiger partial charge in [-0.05, 0) is 99.9 Å². The van der Waals surface area contributed by atoms with E-state index in [0.29, 0.717) is 5.92 Å². The Bertz CT molecular complexity index is 1460. The highest BCUT2D eigenvalue weighted by atomic mass is 32.2. The molecule has 1 N–H and O–H groups in total. The zero-order valence-corrected chi connectivity index (χ0v) is 23.6. The summed E-state index contributed by atoms with van der Waals surface area (Å²) in [6.45, 7) is 12.3. The molecule has 2 aliphatic heterocycles. The standard InChI is InChI=1S/C31H32N2OS.C2H6/c1-21(2)18-32-19-23(4)31(34)26-8-7-22(3)24(16-26)12-15-35-14-5-6-25(20-35)28-11-13-33-30-10-9-27(31)17-29(28)30;1-2/h5-11,13-14,16-21,34H,12,15H2,1-4H3;1-2H3/b23-19+,32-18?;. The predicted molar refractivity (Wildman–Crippen MR) is 164 cm³/mol. The monoisotopic (exact) mass is 510 g/mol. The van der Waals surface area contributed by atoms with Gasteiger partial charge in [-0.15, -0.1) is 0 Å². The molecule has 2 aliphatic rings. The molecule has 6 bridgehead atoms. The van der Waals surface area contributed by atoms with E-state index >= 15 is 0 Å². The van der Waals surface area contributed by atoms with Gasteiger partial charge in [-0.3, -0.25) is 9.98 Å². The highest BCUT2D eigenvalue weighted by molar-refractivity contribution is 8.17. The molecular weight excluding hydrogens is 472 g/mol. The number of aliphatic imine (C=N–C) groups is 1. The fourth-order valence-corrected chi connectivity index (χ4v) is 6.43. The first-order valence-corrected chi connectivity index (χ1v) is 14.7. The lowest BCUT2D eigenvalue weighted by atomic mass is 9.79. The fourth-order valence-electron chi connectivity index (χ4n) is 4.82. The Morgan fingerprint density at radius 3 is 2.65 bits per heavy atom. The maximum Gasteiger partial charge on any atom is 0.138 e. The van der Waals surface area contributed by atoms with Crippen LogP contribution in [0.3, 0.4) is 0 Å². The van der Waals surface area contributed by atoms with Crippen molar-refractivity contribution in [2.75, 3.05) is 5.75 Å². The van der Waals surface area contributed by atoms with Crippen LogP contribution in [0.25, 0.3) is 16.5 Å². The lowest BCUT2D eigenvalue weighted by Gasteiger charge is -2.31. The van der Waals surface area contributed by atoms with Crippen LogP contribution in [0.4, 0.5) is 0 Å². The summed E-state index contributed by atoms with van der Waals surface area (Å²) in [4.78, 5) is 9.16. The molecule has 0 fully saturated rings. The maximum atomic E-state index is 12.5. The van der Waals surface area contributed by atoms with Crippen molar-refractivity contribution in [3.63, 3.8) is 0 Å². The van der Waals surface area contributed by atoms with Gasteiger partial charge in [0.1, 0.15) is 5.60 Å². The molecule has 0 saturated heterocycles. The number of aliphatic hydroxyl groups is 1. The van der Waals surface area contributed by atoms with Crippen LogP contribution in [0.2, 0.25) is 0 Å². The number of benzene rings is 2. The number of nitrogens with zero attached hydrogens (tertiary/aromatic N) is 2. The Hall–Kier alpha value is -3.08. The van der Waals surface area contributed by atoms with E-state index in [1.165, 1.54) is 16.7 Å². The number of aromatic nitrogens is 1. The summed E-state index contributed by atoms with van der Waals surface area (Å²) in [6, 6.07) is 14.6. The van der Waals surface area contributed by atoms with Crippen LogP contribution in [0.1, 0.15) is 62.4 Å². The molecule has 3 heterocycles. The van der Waals surface area contributed by atoms with E-state index in [9.17, 15) is 5.11 Å². The van der Waals surface area contributed by atoms with E-state index in [-0.39, 0.29) is 10.5 Å². The van der Waals surface area contributed by atoms with Gasteiger partial charge in [0.25, 0.3) is 0 Å². The molecule has 4 heteroatoms. The smallest absolute Gasteiger partial charge is 0.138 e. The van der Waals surface area contributed by atoms with Gasteiger partial charge in [0.2, 0.25) is 0 Å². The largest absolute Gasteiger partial charge is 0.376 e. The highest BCUT2D eigenvalue weighted by Gasteiger charge is 2.35. The van der Waals surface area contributed by atoms with Crippen LogP contribution in [-0.2, 0) is 12.0 Å². The van der Waals surface area contributed by atoms with E-state index in [2.05, 4.69) is 84.0 Å². The molecule has 3 nitrogen and oxygen atoms in total. The van der Waals surface area contributed by atoms with Gasteiger partial charge in [-0.2, -0.15) is 10.5 Å². The van der Waals surface area contributed by atoms with Crippen molar-refractivity contribution >= 4 is 38.5 Å². The second-order valence-electron chi connectivity index (χ2n) is 9.79. The van der Waals surface area contributed by atoms with Gasteiger partial charge < -0.3 is 5.11 Å². The zero-order valence-electron chi connectivity index (χ0n) is 22.8. The van der Waals surface area contributed by atoms with Crippen LogP contribution in [0.15, 0.2) is 83.0 Å². The first kappa shape index (κ1) is 27.0. The minimum atomic E-state index is -1.31. The third-order valence-electron chi connectivity index (χ3n) is 6.87. The zero-order chi connectivity index (χ0) is 26.6. The number of hydrogen-bond donors (Lipinski definition) is 1. The normalized spacial score (nSPS) is 21.0. The van der Waals surface area contributed by atoms with Crippen molar-refractivity contribution in [1.29, 1.82) is 0 Å². The Balaban J connectivity index is 0.00000156. The van der Waals surface area contributed by atoms with Gasteiger partial charge in [-0.25, -0.2) is 0 Å². The summed E-state index contributed by atoms with van der Waals surface area (Å²) >= 11 is 0. The number of allylic oxidation sites excluding steroid dienone is 3. The molecule has 192 valence electrons. The van der Waals surface area contributed by atoms with E-state index in [0.717, 1.165) is 45.3 Å². The van der Waals surface area contributed by atoms with Gasteiger partial charge >= 0.3 is 0 Å². The number of hydrogen-bond acceptors (Lipinski definition) is 3. The predicted octanol–water partition coefficient (Wildman–Crippen LogP) is 7.97. The first-order valence-electron chi connectivity index (χ1n) is 13.2. The van der Waals surface area contributed by atoms with Crippen molar-refractivity contribution < 1.29 is 5.11 Å². The fraction of sp³-hybridized carbons (Fsp3) is 0.303. The number of aryl methyl sites for hydroxylation is 2. The molecule has 5 rings (SSSR count). The van der Waals surface area contributed by atoms with Crippen molar-refractivity contribution in [3.8, 4) is 0 Å². The molecule has 0 saturated carbocycles. The molecule has 2 atom stereocenters. The summed E-state index contributed by atoms with van der Waals surface area (Å²) < 4.78 is 0. The van der Waals surface area contributed by atoms with E-state index in [1.807, 2.05) is 45.3 Å². The quantitative estimate of drug-likeness (QED) is 0.287. The van der Waals surface area contributed by atoms with Crippen LogP contribution >= 0.6 is 10.5 Å². The molecule has 0 aliphatic carbocycles. The van der Waals surface area contributed by atoms with E-state index < -0.39 is 5.60 Å². The van der Waals surface area contributed by atoms with Crippen LogP contribution < -0.4 is 0 Å². The molecule has 3 aromatic rings. The summed E-state index contributed by atoms with van der Waals surface area (Å²) in [5, 5.41) is 18.3. The van der Waals surface area contributed by atoms with Crippen LogP contribution in [-0.4, -0.2) is 27.4 Å². The third kappa shape index (κ3) is 5.46. The van der Waals surface area contributed by atoms with Gasteiger partial charge in [0.15, 0.2) is 0 Å². The number of rotatable bonds is 3. The number of pyridine rings is 1. The molecule has 0 spiro atoms. The SMILES string of the molecule is C/C(=C\N=CC(C)C)C1(O)c2ccc(C)c(c2)CCS2=CC=CC(=C2)c2ccnc3ccc1cc23.CC. The molecule has 2 unspecified atom stereocenters. The Labute approximate surface area is 224 Å². The second kappa shape index (κ2) is 11.5. The first-order chi connectivity index (χ1) is 17.9. The van der Waals surface area contributed by atoms with Gasteiger partial charge in [0.05, 0.1) is 5.52 Å². The summed E-state index contributed by atoms with van der Waals surface area (Å²) in [5.74, 6) is 1.39. The van der Waals surface area contributed by atoms with Crippen molar-refractivity contribution in [2.45, 2.75) is 53.6 Å². The minimum absolute atomic E-state index is 0.0594. The summed E-state index contributed by atoms with van der Waals surface area (Å²) in [7, 11) is 0.0594. The Morgan fingerprint density at radius 2 is 1.86 bits per heavy atom. The minimum Gasteiger partial charge on any atom is -0.376 e. The van der Waals surface area contributed by atoms with Crippen molar-refractivity contribution in [3.05, 3.63) is 106 Å².